The van der Waals surface area contributed by atoms with E-state index in [-0.39, 0.29) is 19.4 Å². The second kappa shape index (κ2) is 5.37. The molecule has 5 nitrogen and oxygen atoms in total. The SMILES string of the molecule is O=C1NC(C2(C(F)(F)F)CC2)C(=O)NC1CN1CCc2ccccc21. The molecular formula is C17H18F3N3O2. The fourth-order valence-electron chi connectivity index (χ4n) is 3.83. The summed E-state index contributed by atoms with van der Waals surface area (Å²) in [4.78, 5) is 26.6. The van der Waals surface area contributed by atoms with Crippen LogP contribution in [0.5, 0.6) is 0 Å². The van der Waals surface area contributed by atoms with Crippen molar-refractivity contribution in [3.63, 3.8) is 0 Å². The van der Waals surface area contributed by atoms with Crippen LogP contribution in [0, 0.1) is 5.41 Å². The van der Waals surface area contributed by atoms with Gasteiger partial charge >= 0.3 is 6.18 Å². The molecule has 2 atom stereocenters. The summed E-state index contributed by atoms with van der Waals surface area (Å²) in [5.41, 5.74) is 0.0652. The molecule has 0 spiro atoms. The van der Waals surface area contributed by atoms with Crippen LogP contribution in [0.4, 0.5) is 18.9 Å². The van der Waals surface area contributed by atoms with Gasteiger partial charge in [-0.1, -0.05) is 18.2 Å². The first-order valence-corrected chi connectivity index (χ1v) is 8.32. The number of amides is 2. The molecule has 2 unspecified atom stereocenters. The van der Waals surface area contributed by atoms with Gasteiger partial charge in [-0.05, 0) is 30.9 Å². The number of alkyl halides is 3. The van der Waals surface area contributed by atoms with Crippen LogP contribution < -0.4 is 15.5 Å². The molecule has 1 aliphatic carbocycles. The lowest BCUT2D eigenvalue weighted by Crippen LogP contribution is -2.68. The summed E-state index contributed by atoms with van der Waals surface area (Å²) >= 11 is 0. The highest BCUT2D eigenvalue weighted by molar-refractivity contribution is 5.98. The van der Waals surface area contributed by atoms with Crippen LogP contribution in [-0.2, 0) is 16.0 Å². The number of nitrogens with zero attached hydrogens (tertiary/aromatic N) is 1. The Labute approximate surface area is 142 Å². The Morgan fingerprint density at radius 2 is 1.84 bits per heavy atom. The van der Waals surface area contributed by atoms with E-state index in [0.29, 0.717) is 0 Å². The zero-order chi connectivity index (χ0) is 17.8. The Balaban J connectivity index is 1.47. The fourth-order valence-corrected chi connectivity index (χ4v) is 3.83. The van der Waals surface area contributed by atoms with Crippen molar-refractivity contribution in [2.24, 2.45) is 5.41 Å². The van der Waals surface area contributed by atoms with Gasteiger partial charge in [-0.2, -0.15) is 13.2 Å². The monoisotopic (exact) mass is 353 g/mol. The Kier molecular flexibility index (Phi) is 3.49. The quantitative estimate of drug-likeness (QED) is 0.863. The van der Waals surface area contributed by atoms with Gasteiger partial charge in [0.1, 0.15) is 12.1 Å². The second-order valence-corrected chi connectivity index (χ2v) is 6.98. The van der Waals surface area contributed by atoms with Crippen molar-refractivity contribution >= 4 is 17.5 Å². The van der Waals surface area contributed by atoms with E-state index in [1.54, 1.807) is 0 Å². The van der Waals surface area contributed by atoms with E-state index < -0.39 is 35.5 Å². The normalized spacial score (nSPS) is 27.6. The van der Waals surface area contributed by atoms with Crippen LogP contribution in [0.2, 0.25) is 0 Å². The first-order valence-electron chi connectivity index (χ1n) is 8.32. The molecule has 0 bridgehead atoms. The van der Waals surface area contributed by atoms with Gasteiger partial charge in [0.15, 0.2) is 0 Å². The van der Waals surface area contributed by atoms with Gasteiger partial charge in [-0.25, -0.2) is 0 Å². The summed E-state index contributed by atoms with van der Waals surface area (Å²) in [6.45, 7) is 0.967. The van der Waals surface area contributed by atoms with E-state index in [1.807, 2.05) is 29.2 Å². The molecule has 2 N–H and O–H groups in total. The topological polar surface area (TPSA) is 61.4 Å². The molecule has 4 rings (SSSR count). The number of hydrogen-bond acceptors (Lipinski definition) is 3. The van der Waals surface area contributed by atoms with Crippen molar-refractivity contribution in [1.82, 2.24) is 10.6 Å². The summed E-state index contributed by atoms with van der Waals surface area (Å²) in [6.07, 6.45) is -3.90. The van der Waals surface area contributed by atoms with E-state index >= 15 is 0 Å². The van der Waals surface area contributed by atoms with Crippen molar-refractivity contribution in [3.8, 4) is 0 Å². The molecule has 1 saturated heterocycles. The lowest BCUT2D eigenvalue weighted by molar-refractivity contribution is -0.199. The summed E-state index contributed by atoms with van der Waals surface area (Å²) in [5, 5.41) is 4.83. The number of benzene rings is 1. The van der Waals surface area contributed by atoms with Crippen molar-refractivity contribution in [2.75, 3.05) is 18.0 Å². The van der Waals surface area contributed by atoms with Gasteiger partial charge < -0.3 is 15.5 Å². The van der Waals surface area contributed by atoms with Crippen molar-refractivity contribution in [1.29, 1.82) is 0 Å². The number of fused-ring (bicyclic) bond motifs is 1. The number of nitrogens with one attached hydrogen (secondary N) is 2. The molecular weight excluding hydrogens is 335 g/mol. The fraction of sp³-hybridized carbons (Fsp3) is 0.529. The molecule has 1 aromatic carbocycles. The van der Waals surface area contributed by atoms with E-state index in [0.717, 1.165) is 24.2 Å². The number of halogens is 3. The van der Waals surface area contributed by atoms with E-state index in [1.165, 1.54) is 0 Å². The maximum Gasteiger partial charge on any atom is 0.396 e. The van der Waals surface area contributed by atoms with E-state index in [9.17, 15) is 22.8 Å². The predicted molar refractivity (Wildman–Crippen MR) is 83.9 cm³/mol. The predicted octanol–water partition coefficient (Wildman–Crippen LogP) is 1.37. The van der Waals surface area contributed by atoms with Crippen LogP contribution in [0.3, 0.4) is 0 Å². The smallest absolute Gasteiger partial charge is 0.368 e. The van der Waals surface area contributed by atoms with Crippen molar-refractivity contribution < 1.29 is 22.8 Å². The molecule has 0 aromatic heterocycles. The van der Waals surface area contributed by atoms with Crippen molar-refractivity contribution in [2.45, 2.75) is 37.5 Å². The van der Waals surface area contributed by atoms with Gasteiger partial charge in [0, 0.05) is 18.8 Å². The van der Waals surface area contributed by atoms with Gasteiger partial charge in [0.05, 0.1) is 5.41 Å². The summed E-state index contributed by atoms with van der Waals surface area (Å²) < 4.78 is 39.7. The third kappa shape index (κ3) is 2.54. The maximum atomic E-state index is 13.2. The first kappa shape index (κ1) is 16.2. The van der Waals surface area contributed by atoms with Gasteiger partial charge in [-0.3, -0.25) is 9.59 Å². The molecule has 25 heavy (non-hydrogen) atoms. The average Bonchev–Trinajstić information content (AvgIpc) is 3.28. The molecule has 2 heterocycles. The highest BCUT2D eigenvalue weighted by atomic mass is 19.4. The molecule has 1 aromatic rings. The zero-order valence-electron chi connectivity index (χ0n) is 13.4. The van der Waals surface area contributed by atoms with Crippen LogP contribution in [0.15, 0.2) is 24.3 Å². The Bertz CT molecular complexity index is 730. The maximum absolute atomic E-state index is 13.2. The number of rotatable bonds is 3. The minimum Gasteiger partial charge on any atom is -0.368 e. The minimum atomic E-state index is -4.50. The minimum absolute atomic E-state index is 0.126. The van der Waals surface area contributed by atoms with Crippen LogP contribution >= 0.6 is 0 Å². The number of carbonyl (C=O) groups is 2. The Morgan fingerprint density at radius 3 is 2.52 bits per heavy atom. The van der Waals surface area contributed by atoms with Crippen LogP contribution in [0.1, 0.15) is 18.4 Å². The molecule has 8 heteroatoms. The number of carbonyl (C=O) groups excluding carboxylic acids is 2. The third-order valence-corrected chi connectivity index (χ3v) is 5.47. The lowest BCUT2D eigenvalue weighted by atomic mass is 9.92. The molecule has 2 amide bonds. The molecule has 134 valence electrons. The molecule has 3 aliphatic rings. The highest BCUT2D eigenvalue weighted by Crippen LogP contribution is 2.60. The highest BCUT2D eigenvalue weighted by Gasteiger charge is 2.70. The van der Waals surface area contributed by atoms with Crippen molar-refractivity contribution in [3.05, 3.63) is 29.8 Å². The summed E-state index contributed by atoms with van der Waals surface area (Å²) in [5.74, 6) is -1.29. The standard InChI is InChI=1S/C17H18F3N3O2/c18-17(19,20)16(6-7-16)13-15(25)21-11(14(24)22-13)9-23-8-5-10-3-1-2-4-12(10)23/h1-4,11,13H,5-9H2,(H,21,25)(H,22,24). The second-order valence-electron chi connectivity index (χ2n) is 6.98. The van der Waals surface area contributed by atoms with Gasteiger partial charge in [0.2, 0.25) is 11.8 Å². The molecule has 0 radical (unpaired) electrons. The third-order valence-electron chi connectivity index (χ3n) is 5.47. The summed E-state index contributed by atoms with van der Waals surface area (Å²) in [7, 11) is 0. The van der Waals surface area contributed by atoms with E-state index in [2.05, 4.69) is 10.6 Å². The lowest BCUT2D eigenvalue weighted by Gasteiger charge is -2.36. The van der Waals surface area contributed by atoms with Crippen LogP contribution in [0.25, 0.3) is 0 Å². The number of anilines is 1. The molecule has 2 aliphatic heterocycles. The Hall–Kier alpha value is -2.25. The van der Waals surface area contributed by atoms with E-state index in [4.69, 9.17) is 0 Å². The number of para-hydroxylation sites is 1. The summed E-state index contributed by atoms with van der Waals surface area (Å²) in [6, 6.07) is 5.41. The number of piperazine rings is 1. The zero-order valence-corrected chi connectivity index (χ0v) is 13.4. The number of hydrogen-bond donors (Lipinski definition) is 2. The Morgan fingerprint density at radius 1 is 1.12 bits per heavy atom. The average molecular weight is 353 g/mol. The molecule has 2 fully saturated rings. The van der Waals surface area contributed by atoms with Gasteiger partial charge in [0.25, 0.3) is 0 Å². The molecule has 1 saturated carbocycles. The first-order chi connectivity index (χ1) is 11.8. The largest absolute Gasteiger partial charge is 0.396 e. The van der Waals surface area contributed by atoms with Crippen LogP contribution in [-0.4, -0.2) is 43.2 Å². The van der Waals surface area contributed by atoms with Gasteiger partial charge in [-0.15, -0.1) is 0 Å².